The van der Waals surface area contributed by atoms with E-state index in [1.165, 1.54) is 12.2 Å². The maximum absolute atomic E-state index is 10.6. The summed E-state index contributed by atoms with van der Waals surface area (Å²) in [5.41, 5.74) is 0. The van der Waals surface area contributed by atoms with Crippen molar-refractivity contribution in [3.63, 3.8) is 0 Å². The molecule has 0 spiro atoms. The average molecular weight is 169 g/mol. The number of nitrogens with zero attached hydrogens (tertiary/aromatic N) is 1. The van der Waals surface area contributed by atoms with Crippen LogP contribution in [-0.4, -0.2) is 31.6 Å². The summed E-state index contributed by atoms with van der Waals surface area (Å²) in [5, 5.41) is 0. The van der Waals surface area contributed by atoms with Gasteiger partial charge in [0.05, 0.1) is 19.8 Å². The molecule has 0 amide bonds. The number of hydrogen-bond donors (Lipinski definition) is 0. The number of ketones is 1. The standard InChI is InChI=1S/C8H11NO3/c1-2-8(11)3-5-12-6-4-9-7-10/h2H,1,3-6H2. The molecule has 4 heteroatoms. The lowest BCUT2D eigenvalue weighted by molar-refractivity contribution is -0.115. The first kappa shape index (κ1) is 10.8. The van der Waals surface area contributed by atoms with Gasteiger partial charge >= 0.3 is 0 Å². The normalized spacial score (nSPS) is 8.67. The summed E-state index contributed by atoms with van der Waals surface area (Å²) in [6.07, 6.45) is 2.97. The SMILES string of the molecule is C=CC(=O)CCOCCN=C=O. The van der Waals surface area contributed by atoms with Crippen LogP contribution < -0.4 is 0 Å². The van der Waals surface area contributed by atoms with E-state index in [0.29, 0.717) is 26.2 Å². The minimum absolute atomic E-state index is 0.0473. The Hall–Kier alpha value is -1.25. The fourth-order valence-corrected chi connectivity index (χ4v) is 0.533. The molecule has 0 saturated carbocycles. The molecule has 0 aromatic heterocycles. The van der Waals surface area contributed by atoms with Crippen molar-refractivity contribution in [2.75, 3.05) is 19.8 Å². The number of aliphatic imine (C=N–C) groups is 1. The Kier molecular flexibility index (Phi) is 7.03. The van der Waals surface area contributed by atoms with Crippen molar-refractivity contribution in [1.29, 1.82) is 0 Å². The van der Waals surface area contributed by atoms with Gasteiger partial charge in [0.1, 0.15) is 0 Å². The van der Waals surface area contributed by atoms with Crippen molar-refractivity contribution in [2.45, 2.75) is 6.42 Å². The number of allylic oxidation sites excluding steroid dienone is 1. The third kappa shape index (κ3) is 6.86. The summed E-state index contributed by atoms with van der Waals surface area (Å²) in [6.45, 7) is 4.30. The molecule has 0 N–H and O–H groups in total. The zero-order valence-electron chi connectivity index (χ0n) is 6.78. The molecular formula is C8H11NO3. The highest BCUT2D eigenvalue weighted by Gasteiger charge is 1.94. The highest BCUT2D eigenvalue weighted by atomic mass is 16.5. The second-order valence-corrected chi connectivity index (χ2v) is 2.01. The van der Waals surface area contributed by atoms with Crippen LogP contribution in [-0.2, 0) is 14.3 Å². The third-order valence-electron chi connectivity index (χ3n) is 1.13. The van der Waals surface area contributed by atoms with Gasteiger partial charge in [-0.1, -0.05) is 6.58 Å². The van der Waals surface area contributed by atoms with E-state index in [1.54, 1.807) is 0 Å². The van der Waals surface area contributed by atoms with Crippen LogP contribution in [0.15, 0.2) is 17.6 Å². The predicted octanol–water partition coefficient (Wildman–Crippen LogP) is 0.484. The van der Waals surface area contributed by atoms with E-state index in [-0.39, 0.29) is 5.78 Å². The van der Waals surface area contributed by atoms with E-state index in [4.69, 9.17) is 4.74 Å². The Morgan fingerprint density at radius 2 is 2.33 bits per heavy atom. The molecule has 0 atom stereocenters. The molecule has 0 aliphatic rings. The van der Waals surface area contributed by atoms with Gasteiger partial charge in [-0.2, -0.15) is 0 Å². The minimum atomic E-state index is -0.0473. The molecule has 12 heavy (non-hydrogen) atoms. The van der Waals surface area contributed by atoms with Crippen LogP contribution in [0.5, 0.6) is 0 Å². The highest BCUT2D eigenvalue weighted by Crippen LogP contribution is 1.85. The van der Waals surface area contributed by atoms with Crippen LogP contribution in [0.2, 0.25) is 0 Å². The Labute approximate surface area is 70.9 Å². The first-order chi connectivity index (χ1) is 5.81. The van der Waals surface area contributed by atoms with Gasteiger partial charge in [-0.15, -0.1) is 0 Å². The van der Waals surface area contributed by atoms with Crippen molar-refractivity contribution in [2.24, 2.45) is 4.99 Å². The van der Waals surface area contributed by atoms with E-state index in [9.17, 15) is 9.59 Å². The minimum Gasteiger partial charge on any atom is -0.379 e. The van der Waals surface area contributed by atoms with Gasteiger partial charge in [0, 0.05) is 6.42 Å². The Balaban J connectivity index is 3.15. The predicted molar refractivity (Wildman–Crippen MR) is 43.6 cm³/mol. The van der Waals surface area contributed by atoms with E-state index in [2.05, 4.69) is 11.6 Å². The molecule has 0 radical (unpaired) electrons. The second kappa shape index (κ2) is 7.85. The van der Waals surface area contributed by atoms with Crippen molar-refractivity contribution in [3.05, 3.63) is 12.7 Å². The van der Waals surface area contributed by atoms with Crippen LogP contribution in [0.4, 0.5) is 0 Å². The van der Waals surface area contributed by atoms with Crippen molar-refractivity contribution in [1.82, 2.24) is 0 Å². The monoisotopic (exact) mass is 169 g/mol. The van der Waals surface area contributed by atoms with Gasteiger partial charge in [0.25, 0.3) is 0 Å². The lowest BCUT2D eigenvalue weighted by atomic mass is 10.3. The summed E-state index contributed by atoms with van der Waals surface area (Å²) < 4.78 is 4.97. The summed E-state index contributed by atoms with van der Waals surface area (Å²) in [6, 6.07) is 0. The van der Waals surface area contributed by atoms with Crippen LogP contribution >= 0.6 is 0 Å². The highest BCUT2D eigenvalue weighted by molar-refractivity contribution is 5.89. The molecule has 0 heterocycles. The fraction of sp³-hybridized carbons (Fsp3) is 0.500. The van der Waals surface area contributed by atoms with Gasteiger partial charge in [-0.25, -0.2) is 9.79 Å². The van der Waals surface area contributed by atoms with Gasteiger partial charge in [0.15, 0.2) is 5.78 Å². The zero-order valence-corrected chi connectivity index (χ0v) is 6.78. The maximum atomic E-state index is 10.6. The summed E-state index contributed by atoms with van der Waals surface area (Å²) in [4.78, 5) is 23.5. The number of isocyanates is 1. The third-order valence-corrected chi connectivity index (χ3v) is 1.13. The Morgan fingerprint density at radius 1 is 1.58 bits per heavy atom. The summed E-state index contributed by atoms with van der Waals surface area (Å²) in [5.74, 6) is -0.0473. The largest absolute Gasteiger partial charge is 0.379 e. The summed E-state index contributed by atoms with van der Waals surface area (Å²) in [7, 11) is 0. The molecule has 0 unspecified atom stereocenters. The smallest absolute Gasteiger partial charge is 0.235 e. The number of carbonyl (C=O) groups excluding carboxylic acids is 2. The molecule has 0 aromatic carbocycles. The molecular weight excluding hydrogens is 158 g/mol. The first-order valence-corrected chi connectivity index (χ1v) is 3.58. The van der Waals surface area contributed by atoms with Crippen LogP contribution in [0, 0.1) is 0 Å². The molecule has 0 aliphatic heterocycles. The number of ether oxygens (including phenoxy) is 1. The van der Waals surface area contributed by atoms with Gasteiger partial charge in [-0.05, 0) is 6.08 Å². The maximum Gasteiger partial charge on any atom is 0.235 e. The molecule has 0 aliphatic carbocycles. The Bertz CT molecular complexity index is 194. The number of carbonyl (C=O) groups is 1. The van der Waals surface area contributed by atoms with Crippen molar-refractivity contribution < 1.29 is 14.3 Å². The topological polar surface area (TPSA) is 55.7 Å². The van der Waals surface area contributed by atoms with Crippen LogP contribution in [0.3, 0.4) is 0 Å². The Morgan fingerprint density at radius 3 is 2.92 bits per heavy atom. The number of hydrogen-bond acceptors (Lipinski definition) is 4. The first-order valence-electron chi connectivity index (χ1n) is 3.58. The molecule has 0 saturated heterocycles. The van der Waals surface area contributed by atoms with Gasteiger partial charge in [0.2, 0.25) is 6.08 Å². The molecule has 4 nitrogen and oxygen atoms in total. The molecule has 0 rings (SSSR count). The lowest BCUT2D eigenvalue weighted by Crippen LogP contribution is -2.04. The lowest BCUT2D eigenvalue weighted by Gasteiger charge is -1.97. The van der Waals surface area contributed by atoms with E-state index in [0.717, 1.165) is 0 Å². The molecule has 0 aromatic rings. The van der Waals surface area contributed by atoms with E-state index in [1.807, 2.05) is 0 Å². The fourth-order valence-electron chi connectivity index (χ4n) is 0.533. The van der Waals surface area contributed by atoms with E-state index < -0.39 is 0 Å². The second-order valence-electron chi connectivity index (χ2n) is 2.01. The van der Waals surface area contributed by atoms with Gasteiger partial charge < -0.3 is 4.74 Å². The van der Waals surface area contributed by atoms with Crippen molar-refractivity contribution in [3.8, 4) is 0 Å². The van der Waals surface area contributed by atoms with Crippen LogP contribution in [0.1, 0.15) is 6.42 Å². The van der Waals surface area contributed by atoms with Gasteiger partial charge in [-0.3, -0.25) is 4.79 Å². The number of rotatable bonds is 7. The summed E-state index contributed by atoms with van der Waals surface area (Å²) >= 11 is 0. The quantitative estimate of drug-likeness (QED) is 0.241. The average Bonchev–Trinajstić information content (AvgIpc) is 2.10. The van der Waals surface area contributed by atoms with Crippen molar-refractivity contribution >= 4 is 11.9 Å². The molecule has 0 fully saturated rings. The molecule has 0 bridgehead atoms. The van der Waals surface area contributed by atoms with E-state index >= 15 is 0 Å². The van der Waals surface area contributed by atoms with Crippen LogP contribution in [0.25, 0.3) is 0 Å². The zero-order chi connectivity index (χ0) is 9.23. The molecule has 66 valence electrons.